The number of Topliss-reactive ketones (excluding diaryl/α,β-unsaturated/α-hetero) is 2. The van der Waals surface area contributed by atoms with Gasteiger partial charge in [-0.05, 0) is 146 Å². The molecule has 108 heavy (non-hydrogen) atoms. The predicted molar refractivity (Wildman–Crippen MR) is 496 cm³/mol. The number of likely N-dealkylation sites (tertiary alicyclic amines) is 2. The van der Waals surface area contributed by atoms with Crippen LogP contribution in [0.25, 0.3) is 0 Å². The molecule has 0 amide bonds. The number of oxime groups is 1. The van der Waals surface area contributed by atoms with E-state index in [1.54, 1.807) is 56.5 Å². The molecule has 0 saturated carbocycles. The first-order chi connectivity index (χ1) is 71.8. The van der Waals surface area contributed by atoms with Crippen molar-refractivity contribution in [2.24, 2.45) is 22.7 Å². The minimum Gasteiger partial charge on any atom is -0.497 e. The van der Waals surface area contributed by atoms with E-state index >= 15 is 0 Å². The van der Waals surface area contributed by atoms with Crippen LogP contribution in [-0.4, -0.2) is 186 Å². The van der Waals surface area contributed by atoms with Crippen molar-refractivity contribution in [3.05, 3.63) is 217 Å². The van der Waals surface area contributed by atoms with Gasteiger partial charge in [-0.2, -0.15) is 16.6 Å². The molecule has 0 aromatic heterocycles. The van der Waals surface area contributed by atoms with Gasteiger partial charge in [0.1, 0.15) is 46.1 Å². The van der Waals surface area contributed by atoms with Crippen LogP contribution in [0.1, 0.15) is 155 Å². The molecule has 19 nitrogen and oxygen atoms in total. The van der Waals surface area contributed by atoms with Crippen molar-refractivity contribution in [2.45, 2.75) is 123 Å². The molecule has 3 aliphatic heterocycles. The summed E-state index contributed by atoms with van der Waals surface area (Å²) in [5.74, 6) is 6.90. The van der Waals surface area contributed by atoms with Crippen LogP contribution in [0.15, 0.2) is 189 Å². The molecule has 6 aromatic carbocycles. The Balaban J connectivity index is -0.0000000542. The molecule has 0 radical (unpaired) electrons. The van der Waals surface area contributed by atoms with E-state index < -0.39 is 7.38 Å². The summed E-state index contributed by atoms with van der Waals surface area (Å²) >= 11 is 16.7. The van der Waals surface area contributed by atoms with Gasteiger partial charge in [0, 0.05) is 201 Å². The maximum atomic E-state index is 11.1. The Labute approximate surface area is 744 Å². The third-order valence-corrected chi connectivity index (χ3v) is 23.8. The van der Waals surface area contributed by atoms with Crippen LogP contribution in [0.3, 0.4) is 0 Å². The molecule has 6 aromatic rings. The average molecular weight is 1720 g/mol. The summed E-state index contributed by atoms with van der Waals surface area (Å²) in [4.78, 5) is 35.1. The first kappa shape index (κ1) is 68.3. The zero-order chi connectivity index (χ0) is 122. The minimum absolute atomic E-state index is 0. The van der Waals surface area contributed by atoms with E-state index in [0.29, 0.717) is 42.2 Å². The maximum absolute atomic E-state index is 11.1. The number of nitrogens with two attached hydrogens (primary N) is 1. The number of ether oxygens (including phenoxy) is 6. The first-order valence-electron chi connectivity index (χ1n) is 56.8. The molecule has 9 rings (SSSR count). The van der Waals surface area contributed by atoms with Crippen LogP contribution in [0.4, 0.5) is 0 Å². The van der Waals surface area contributed by atoms with Gasteiger partial charge in [0.2, 0.25) is 0 Å². The molecule has 3 fully saturated rings. The monoisotopic (exact) mass is 1710 g/mol. The topological polar surface area (TPSA) is 215 Å². The van der Waals surface area contributed by atoms with Gasteiger partial charge in [-0.3, -0.25) is 29.2 Å². The molecular formula is C84H173Cl3N8O11SiZn. The largest absolute Gasteiger partial charge is 0.497 e. The number of halogens is 3. The van der Waals surface area contributed by atoms with Crippen molar-refractivity contribution in [1.82, 2.24) is 30.4 Å². The average Bonchev–Trinajstić information content (AvgIpc) is 1.63. The van der Waals surface area contributed by atoms with E-state index in [0.717, 1.165) is 124 Å². The van der Waals surface area contributed by atoms with E-state index in [1.165, 1.54) is 29.2 Å². The molecule has 3 heterocycles. The van der Waals surface area contributed by atoms with Crippen LogP contribution in [0, 0.1) is 11.8 Å². The number of nitrogens with zero attached hydrogens (tertiary/aromatic N) is 5. The van der Waals surface area contributed by atoms with Crippen molar-refractivity contribution in [3.63, 3.8) is 0 Å². The molecule has 0 aliphatic carbocycles. The Morgan fingerprint density at radius 3 is 1.29 bits per heavy atom. The van der Waals surface area contributed by atoms with Crippen molar-refractivity contribution >= 4 is 58.9 Å². The predicted octanol–water partition coefficient (Wildman–Crippen LogP) is 21.4. The number of aliphatic hydroxyl groups excluding tert-OH is 1. The van der Waals surface area contributed by atoms with Gasteiger partial charge < -0.3 is 54.6 Å². The smallest absolute Gasteiger partial charge is 0.155 e. The molecule has 0 spiro atoms. The van der Waals surface area contributed by atoms with Crippen molar-refractivity contribution in [3.8, 4) is 34.5 Å². The first-order valence-corrected chi connectivity index (χ1v) is 40.9. The van der Waals surface area contributed by atoms with Gasteiger partial charge in [-0.25, -0.2) is 0 Å². The fourth-order valence-electron chi connectivity index (χ4n) is 10.7. The molecular weight excluding hydrogens is 1500 g/mol. The molecule has 4 atom stereocenters. The quantitative estimate of drug-likeness (QED) is 0.00431. The fraction of sp³-hybridized carbons (Fsp3) is 0.464. The van der Waals surface area contributed by atoms with Gasteiger partial charge >= 0.3 is 0 Å². The van der Waals surface area contributed by atoms with Crippen LogP contribution in [-0.2, 0) is 72.5 Å². The summed E-state index contributed by atoms with van der Waals surface area (Å²) in [6.07, 6.45) is 5.50. The number of hydrogen-bond acceptors (Lipinski definition) is 19. The van der Waals surface area contributed by atoms with E-state index in [9.17, 15) is 14.7 Å². The summed E-state index contributed by atoms with van der Waals surface area (Å²) in [6.45, 7) is 43.6. The normalized spacial score (nSPS) is 18.6. The second-order valence-electron chi connectivity index (χ2n) is 28.4. The van der Waals surface area contributed by atoms with Gasteiger partial charge in [-0.1, -0.05) is 130 Å². The minimum atomic E-state index is -1.39. The number of nitrogens with one attached hydrogen (secondary N) is 2. The second-order valence-corrected chi connectivity index (χ2v) is 36.2. The molecule has 642 valence electrons. The van der Waals surface area contributed by atoms with E-state index in [1.807, 2.05) is 134 Å². The number of rotatable bonds is 29. The fourth-order valence-corrected chi connectivity index (χ4v) is 10.9. The molecule has 3 aliphatic rings. The Kier molecular flexibility index (Phi) is 34.3. The molecule has 24 heteroatoms. The standard InChI is InChI=1S/C14H20N2O2.C14H22N2O2.C14H20N2O2.C14H19NO2.C11H15NO.C8H9ClO.C6H15ClSi.C3H5ClO.Zn.24H2/c1-14-10-16(8-12(14)9-18-15-14)7-11-3-5-13(17-2)6-4-11;1-14(15)10-16(8-12(14)9-17)7-11-3-5-13(18-2)6-4-11;1-4-9-16(10-12(2)15-17)11-13-5-7-14(18-3)8-6-13;1-4-9-15(10-12(2)16)11-13-5-7-14(17-3)8-6-13;1-3-8-12-9-10-4-6-11(13-2)7-5-10;1-10-8-4-2-7(6-9)3-5-8;1-6(2,3)8(4,5)7;1-3(5)2-4;;;;;;;;;;;;;;;;;;;;;;;;;/h3-6,12,15H,7-10H2,1-2H3;3-6,12,17H,7-10,15H2,1-2H3;4-8,17H,1,9-11H2,2-3H3;4-8H,1,9-11H2,2-3H3;3-7,12H,1,8-9H2,2H3;2-5H,6H2,1H3;1-5H3;2H2,1H3;;24*1H/i;;;;;;;;;21*1+1D;3*1+1. The Bertz CT molecular complexity index is 3510. The number of aliphatic hydroxyl groups is 1. The molecule has 6 N–H and O–H groups in total. The molecule has 4 unspecified atom stereocenters. The van der Waals surface area contributed by atoms with Crippen molar-refractivity contribution in [1.29, 1.82) is 0 Å². The summed E-state index contributed by atoms with van der Waals surface area (Å²) in [7, 11) is 8.60. The zero-order valence-electron chi connectivity index (χ0n) is 109. The van der Waals surface area contributed by atoms with Gasteiger partial charge in [-0.15, -0.1) is 42.9 Å². The number of carbonyl (C=O) groups is 2. The van der Waals surface area contributed by atoms with Crippen LogP contribution in [0.5, 0.6) is 34.5 Å². The Hall–Kier alpha value is -6.50. The third-order valence-electron chi connectivity index (χ3n) is 17.9. The van der Waals surface area contributed by atoms with Crippen molar-refractivity contribution in [2.75, 3.05) is 121 Å². The number of fused-ring (bicyclic) bond motifs is 1. The number of ketones is 2. The molecule has 3 saturated heterocycles. The summed E-state index contributed by atoms with van der Waals surface area (Å²) in [6, 6.07) is 47.9. The van der Waals surface area contributed by atoms with Crippen LogP contribution >= 0.6 is 34.3 Å². The van der Waals surface area contributed by atoms with Gasteiger partial charge in [0.05, 0.1) is 72.9 Å². The Morgan fingerprint density at radius 2 is 0.991 bits per heavy atom. The summed E-state index contributed by atoms with van der Waals surface area (Å²) in [5.41, 5.74) is 17.2. The van der Waals surface area contributed by atoms with Crippen molar-refractivity contribution < 1.29 is 139 Å². The maximum Gasteiger partial charge on any atom is 0.155 e. The Morgan fingerprint density at radius 1 is 0.639 bits per heavy atom. The number of benzene rings is 6. The van der Waals surface area contributed by atoms with E-state index in [-0.39, 0.29) is 64.8 Å². The number of hydrogen-bond donors (Lipinski definition) is 5. The number of carbonyl (C=O) groups excluding carboxylic acids is 2. The summed E-state index contributed by atoms with van der Waals surface area (Å²) < 4.78 is 241. The molecule has 0 bridgehead atoms. The number of methoxy groups -OCH3 is 6. The van der Waals surface area contributed by atoms with Gasteiger partial charge in [0.15, 0.2) is 7.38 Å². The van der Waals surface area contributed by atoms with Crippen LogP contribution < -0.4 is 45.0 Å². The van der Waals surface area contributed by atoms with E-state index in [4.69, 9.17) is 141 Å². The second kappa shape index (κ2) is 54.2. The number of alkyl halides is 2. The number of hydroxylamine groups is 1. The van der Waals surface area contributed by atoms with Gasteiger partial charge in [0.25, 0.3) is 0 Å². The zero-order valence-corrected chi connectivity index (χ0v) is 73.6. The van der Waals surface area contributed by atoms with Crippen LogP contribution in [0.2, 0.25) is 18.1 Å². The third kappa shape index (κ3) is 40.4. The van der Waals surface area contributed by atoms with E-state index in [2.05, 4.69) is 132 Å². The SMILES string of the molecule is C=CCN(CC(C)=NO)Cc1ccc(OC)cc1.C=CCN(CC(C)=O)Cc1ccc(OC)cc1.C=CCNCc1ccc(OC)cc1.CC(=O)CCl.CC(C)(C)[Si](C)(C)Cl.COc1ccc(CCl)cc1.COc1ccc(CN2CC(CO)C(C)(N)C2)cc1.COc1ccc(CN2CC3CONC3(C)C2)cc1.[2HH].[2HH].[2HH].[2H][2H].[2H][2H].[2H][2H].[2H][2H].[2H][2H].[2H][2H].[2H][2H].[2H][2H].[2H][2H].[2H][2H].[2H][2H].[2H][2H].[2H][2H].[2H][2H].[2H][2H].[2H][2H].[2H][2H].[2H][2H].[2H][2H].[2H][2H].[2H][2H].[Zn]. The summed E-state index contributed by atoms with van der Waals surface area (Å²) in [5, 5.41) is 24.8.